The minimum absolute atomic E-state index is 0.0418. The Hall–Kier alpha value is -6.56. The smallest absolute Gasteiger partial charge is 0.328 e. The van der Waals surface area contributed by atoms with Crippen molar-refractivity contribution in [3.8, 4) is 5.75 Å². The highest BCUT2D eigenvalue weighted by molar-refractivity contribution is 5.99. The Morgan fingerprint density at radius 3 is 1.55 bits per heavy atom. The molecule has 368 valence electrons. The number of carboxylic acids is 2. The van der Waals surface area contributed by atoms with Gasteiger partial charge in [-0.05, 0) is 50.8 Å². The number of aliphatic hydroxyl groups excluding tert-OH is 6. The van der Waals surface area contributed by atoms with Gasteiger partial charge >= 0.3 is 11.9 Å². The topological polar surface area (TPSA) is 466 Å². The van der Waals surface area contributed by atoms with Crippen LogP contribution in [0.1, 0.15) is 38.7 Å². The van der Waals surface area contributed by atoms with E-state index >= 15 is 0 Å². The summed E-state index contributed by atoms with van der Waals surface area (Å²) in [4.78, 5) is 129. The van der Waals surface area contributed by atoms with Gasteiger partial charge in [-0.25, -0.2) is 4.79 Å². The highest BCUT2D eigenvalue weighted by Gasteiger charge is 2.41. The fourth-order valence-corrected chi connectivity index (χ4v) is 6.29. The number of hydrogen-bond acceptors (Lipinski definition) is 18. The number of nitrogens with zero attached hydrogens (tertiary/aromatic N) is 1. The minimum atomic E-state index is -1.96. The number of benzene rings is 1. The van der Waals surface area contributed by atoms with E-state index in [9.17, 15) is 93.9 Å². The number of carbonyl (C=O) groups is 10. The number of nitrogens with one attached hydrogen (secondary N) is 7. The third-order valence-corrected chi connectivity index (χ3v) is 9.93. The highest BCUT2D eigenvalue weighted by Crippen LogP contribution is 2.19. The molecule has 0 bridgehead atoms. The SMILES string of the molecule is CC(O)C(NC(=O)C(CO)NC(=O)C(NC(=O)C(CO)NC(=O)C1CCCN1C(=O)C(CO)NC(=O)C(CC(=O)O)NC(=O)C(CO)NC(=O)C(N)Cc1ccc(O)cc1)C(C)O)C(=O)O. The number of aliphatic hydroxyl groups is 6. The van der Waals surface area contributed by atoms with Crippen molar-refractivity contribution in [1.29, 1.82) is 0 Å². The fraction of sp³-hybridized carbons (Fsp3) is 0.579. The third kappa shape index (κ3) is 16.5. The zero-order valence-corrected chi connectivity index (χ0v) is 35.7. The molecule has 1 aliphatic heterocycles. The van der Waals surface area contributed by atoms with Crippen LogP contribution in [0.4, 0.5) is 0 Å². The molecule has 0 aromatic heterocycles. The van der Waals surface area contributed by atoms with E-state index in [1.807, 2.05) is 10.6 Å². The summed E-state index contributed by atoms with van der Waals surface area (Å²) in [6.07, 6.45) is -4.38. The van der Waals surface area contributed by atoms with Gasteiger partial charge in [-0.2, -0.15) is 0 Å². The Bertz CT molecular complexity index is 1900. The number of rotatable bonds is 26. The largest absolute Gasteiger partial charge is 0.508 e. The number of phenols is 1. The standard InChI is InChI=1S/C38H57N9O19/c1-16(52)28(36(63)43-24(14-50)34(61)46-29(17(2)53)38(65)66)45-33(60)23(13-49)42-35(62)26-4-3-9-47(26)37(64)25(15-51)44-31(58)21(11-27(55)56)40-32(59)22(12-48)41-30(57)20(39)10-18-5-7-19(54)8-6-18/h5-8,16-17,20-26,28-29,48-54H,3-4,9-15,39H2,1-2H3,(H,40,59)(H,41,57)(H,42,62)(H,43,63)(H,44,58)(H,45,60)(H,46,61)(H,55,56)(H,65,66). The molecule has 2 rings (SSSR count). The molecule has 18 N–H and O–H groups in total. The van der Waals surface area contributed by atoms with E-state index in [-0.39, 0.29) is 31.6 Å². The molecular weight excluding hydrogens is 886 g/mol. The Morgan fingerprint density at radius 1 is 0.621 bits per heavy atom. The number of hydrogen-bond donors (Lipinski definition) is 17. The van der Waals surface area contributed by atoms with Gasteiger partial charge in [0.2, 0.25) is 47.3 Å². The average molecular weight is 944 g/mol. The van der Waals surface area contributed by atoms with Crippen molar-refractivity contribution in [2.24, 2.45) is 5.73 Å². The lowest BCUT2D eigenvalue weighted by Crippen LogP contribution is -2.63. The molecule has 28 heteroatoms. The van der Waals surface area contributed by atoms with Crippen LogP contribution in [0.5, 0.6) is 5.75 Å². The van der Waals surface area contributed by atoms with Crippen LogP contribution < -0.4 is 43.0 Å². The van der Waals surface area contributed by atoms with Gasteiger partial charge in [0.05, 0.1) is 51.1 Å². The van der Waals surface area contributed by atoms with Gasteiger partial charge in [0.1, 0.15) is 48.0 Å². The lowest BCUT2D eigenvalue weighted by molar-refractivity contribution is -0.145. The van der Waals surface area contributed by atoms with Crippen LogP contribution >= 0.6 is 0 Å². The molecule has 1 fully saturated rings. The zero-order chi connectivity index (χ0) is 50.0. The van der Waals surface area contributed by atoms with Gasteiger partial charge in [0.25, 0.3) is 0 Å². The third-order valence-electron chi connectivity index (χ3n) is 9.93. The Balaban J connectivity index is 2.13. The summed E-state index contributed by atoms with van der Waals surface area (Å²) in [5.41, 5.74) is 6.45. The summed E-state index contributed by atoms with van der Waals surface area (Å²) in [6, 6.07) is -10.0. The van der Waals surface area contributed by atoms with E-state index in [1.165, 1.54) is 24.3 Å². The number of amides is 8. The van der Waals surface area contributed by atoms with E-state index in [0.717, 1.165) is 18.7 Å². The number of aromatic hydroxyl groups is 1. The number of carbonyl (C=O) groups excluding carboxylic acids is 8. The van der Waals surface area contributed by atoms with Crippen molar-refractivity contribution in [3.63, 3.8) is 0 Å². The average Bonchev–Trinajstić information content (AvgIpc) is 3.76. The summed E-state index contributed by atoms with van der Waals surface area (Å²) in [6.45, 7) is -2.47. The number of likely N-dealkylation sites (tertiary alicyclic amines) is 1. The quantitative estimate of drug-likeness (QED) is 0.0410. The van der Waals surface area contributed by atoms with Crippen LogP contribution in [-0.4, -0.2) is 210 Å². The van der Waals surface area contributed by atoms with Gasteiger partial charge in [0, 0.05) is 6.54 Å². The van der Waals surface area contributed by atoms with Gasteiger partial charge < -0.3 is 93.8 Å². The lowest BCUT2D eigenvalue weighted by atomic mass is 10.1. The summed E-state index contributed by atoms with van der Waals surface area (Å²) in [7, 11) is 0. The molecule has 1 aromatic rings. The van der Waals surface area contributed by atoms with E-state index in [2.05, 4.69) is 26.6 Å². The molecule has 66 heavy (non-hydrogen) atoms. The molecular formula is C38H57N9O19. The van der Waals surface area contributed by atoms with Gasteiger partial charge in [0.15, 0.2) is 6.04 Å². The highest BCUT2D eigenvalue weighted by atomic mass is 16.4. The first kappa shape index (κ1) is 55.6. The predicted octanol–water partition coefficient (Wildman–Crippen LogP) is -9.06. The molecule has 0 aliphatic carbocycles. The molecule has 1 aliphatic rings. The Kier molecular flexibility index (Phi) is 22.2. The summed E-state index contributed by atoms with van der Waals surface area (Å²) in [5, 5.41) is 102. The first-order valence-electron chi connectivity index (χ1n) is 20.2. The molecule has 0 saturated carbocycles. The van der Waals surface area contributed by atoms with Crippen LogP contribution in [0.2, 0.25) is 0 Å². The number of carboxylic acid groups (broad SMARTS) is 2. The number of phenolic OH excluding ortho intramolecular Hbond substituents is 1. The van der Waals surface area contributed by atoms with Gasteiger partial charge in [-0.15, -0.1) is 0 Å². The summed E-state index contributed by atoms with van der Waals surface area (Å²) >= 11 is 0. The lowest BCUT2D eigenvalue weighted by Gasteiger charge is -2.30. The van der Waals surface area contributed by atoms with Gasteiger partial charge in [-0.1, -0.05) is 12.1 Å². The Labute approximate surface area is 375 Å². The maximum Gasteiger partial charge on any atom is 0.328 e. The van der Waals surface area contributed by atoms with Crippen molar-refractivity contribution in [2.75, 3.05) is 33.0 Å². The van der Waals surface area contributed by atoms with Crippen LogP contribution in [0, 0.1) is 0 Å². The number of aliphatic carboxylic acids is 2. The van der Waals surface area contributed by atoms with E-state index in [4.69, 9.17) is 5.73 Å². The van der Waals surface area contributed by atoms with Crippen molar-refractivity contribution >= 4 is 59.2 Å². The Morgan fingerprint density at radius 2 is 1.06 bits per heavy atom. The maximum absolute atomic E-state index is 13.6. The normalized spacial score (nSPS) is 18.0. The second-order valence-electron chi connectivity index (χ2n) is 15.1. The van der Waals surface area contributed by atoms with Crippen LogP contribution in [0.3, 0.4) is 0 Å². The molecule has 1 aromatic carbocycles. The molecule has 0 spiro atoms. The first-order chi connectivity index (χ1) is 31.0. The maximum atomic E-state index is 13.6. The van der Waals surface area contributed by atoms with Crippen LogP contribution in [0.25, 0.3) is 0 Å². The molecule has 28 nitrogen and oxygen atoms in total. The van der Waals surface area contributed by atoms with Crippen molar-refractivity contribution in [3.05, 3.63) is 29.8 Å². The van der Waals surface area contributed by atoms with Gasteiger partial charge in [-0.3, -0.25) is 43.2 Å². The second-order valence-corrected chi connectivity index (χ2v) is 15.1. The predicted molar refractivity (Wildman–Crippen MR) is 220 cm³/mol. The molecule has 1 heterocycles. The van der Waals surface area contributed by atoms with E-state index in [1.54, 1.807) is 0 Å². The molecule has 11 atom stereocenters. The van der Waals surface area contributed by atoms with Crippen LogP contribution in [-0.2, 0) is 54.4 Å². The first-order valence-corrected chi connectivity index (χ1v) is 20.2. The monoisotopic (exact) mass is 943 g/mol. The van der Waals surface area contributed by atoms with E-state index in [0.29, 0.717) is 5.56 Å². The van der Waals surface area contributed by atoms with Crippen LogP contribution in [0.15, 0.2) is 24.3 Å². The fourth-order valence-electron chi connectivity index (χ4n) is 6.29. The zero-order valence-electron chi connectivity index (χ0n) is 35.7. The minimum Gasteiger partial charge on any atom is -0.508 e. The van der Waals surface area contributed by atoms with E-state index < -0.39 is 159 Å². The second kappa shape index (κ2) is 26.4. The molecule has 11 unspecified atom stereocenters. The summed E-state index contributed by atoms with van der Waals surface area (Å²) < 4.78 is 0. The molecule has 8 amide bonds. The molecule has 1 saturated heterocycles. The van der Waals surface area contributed by atoms with Crippen molar-refractivity contribution in [2.45, 2.75) is 106 Å². The molecule has 0 radical (unpaired) electrons. The number of nitrogens with two attached hydrogens (primary N) is 1. The van der Waals surface area contributed by atoms with Crippen molar-refractivity contribution < 1.29 is 93.9 Å². The van der Waals surface area contributed by atoms with Crippen molar-refractivity contribution in [1.82, 2.24) is 42.1 Å². The summed E-state index contributed by atoms with van der Waals surface area (Å²) in [5.74, 6) is -12.8.